The molecule has 0 saturated carbocycles. The molecule has 1 amide bonds. The first-order valence-electron chi connectivity index (χ1n) is 10.7. The van der Waals surface area contributed by atoms with Crippen LogP contribution in [-0.4, -0.2) is 29.8 Å². The van der Waals surface area contributed by atoms with Crippen molar-refractivity contribution in [1.29, 1.82) is 0 Å². The molecule has 0 aliphatic heterocycles. The molecule has 3 aromatic rings. The van der Waals surface area contributed by atoms with Crippen molar-refractivity contribution in [3.63, 3.8) is 0 Å². The van der Waals surface area contributed by atoms with Crippen LogP contribution < -0.4 is 10.1 Å². The van der Waals surface area contributed by atoms with Gasteiger partial charge in [0.2, 0.25) is 0 Å². The molecule has 0 aliphatic carbocycles. The molecule has 0 bridgehead atoms. The molecule has 2 N–H and O–H groups in total. The maximum absolute atomic E-state index is 12.6. The van der Waals surface area contributed by atoms with Gasteiger partial charge in [0.05, 0.1) is 6.61 Å². The van der Waals surface area contributed by atoms with Crippen molar-refractivity contribution < 1.29 is 28.9 Å². The second kappa shape index (κ2) is 12.3. The minimum atomic E-state index is -1.42. The Labute approximate surface area is 192 Å². The fourth-order valence-electron chi connectivity index (χ4n) is 3.16. The second-order valence-corrected chi connectivity index (χ2v) is 7.19. The number of alkyl carbamates (subject to hydrolysis) is 1. The Morgan fingerprint density at radius 3 is 2.03 bits per heavy atom. The van der Waals surface area contributed by atoms with Gasteiger partial charge in [0, 0.05) is 5.56 Å². The fraction of sp³-hybridized carbons (Fsp3) is 0.231. The van der Waals surface area contributed by atoms with Crippen LogP contribution in [0.3, 0.4) is 0 Å². The minimum absolute atomic E-state index is 0.0229. The van der Waals surface area contributed by atoms with Crippen molar-refractivity contribution in [3.8, 4) is 5.75 Å². The van der Waals surface area contributed by atoms with E-state index in [1.54, 1.807) is 31.2 Å². The number of para-hydroxylation sites is 1. The summed E-state index contributed by atoms with van der Waals surface area (Å²) in [5.74, 6) is -0.387. The zero-order valence-corrected chi connectivity index (χ0v) is 18.3. The van der Waals surface area contributed by atoms with Gasteiger partial charge in [0.15, 0.2) is 6.04 Å². The topological polar surface area (TPSA) is 94.1 Å². The highest BCUT2D eigenvalue weighted by molar-refractivity contribution is 5.82. The molecule has 0 spiro atoms. The van der Waals surface area contributed by atoms with Crippen LogP contribution in [0, 0.1) is 0 Å². The van der Waals surface area contributed by atoms with E-state index in [4.69, 9.17) is 14.2 Å². The van der Waals surface area contributed by atoms with Gasteiger partial charge in [-0.1, -0.05) is 78.9 Å². The highest BCUT2D eigenvalue weighted by Crippen LogP contribution is 2.28. The van der Waals surface area contributed by atoms with Crippen LogP contribution in [0.1, 0.15) is 29.7 Å². The van der Waals surface area contributed by atoms with E-state index in [9.17, 15) is 14.7 Å². The van der Waals surface area contributed by atoms with Crippen LogP contribution in [0.4, 0.5) is 4.79 Å². The van der Waals surface area contributed by atoms with Crippen LogP contribution >= 0.6 is 0 Å². The second-order valence-electron chi connectivity index (χ2n) is 7.19. The van der Waals surface area contributed by atoms with E-state index >= 15 is 0 Å². The first-order chi connectivity index (χ1) is 16.1. The third kappa shape index (κ3) is 7.08. The van der Waals surface area contributed by atoms with Gasteiger partial charge in [-0.15, -0.1) is 0 Å². The van der Waals surface area contributed by atoms with Gasteiger partial charge in [0.1, 0.15) is 25.1 Å². The zero-order valence-electron chi connectivity index (χ0n) is 18.3. The number of esters is 1. The first kappa shape index (κ1) is 23.8. The standard InChI is InChI=1S/C26H27NO6/c1-2-31-25(29)23(27-26(30)33-18-20-13-7-4-8-14-20)24(28)21-15-9-10-16-22(21)32-17-19-11-5-3-6-12-19/h3-16,23-24,28H,2,17-18H2,1H3,(H,27,30)/t23-,24+/m0/s1. The molecule has 0 radical (unpaired) electrons. The monoisotopic (exact) mass is 449 g/mol. The fourth-order valence-corrected chi connectivity index (χ4v) is 3.16. The number of carbonyl (C=O) groups is 2. The summed E-state index contributed by atoms with van der Waals surface area (Å²) in [4.78, 5) is 24.9. The minimum Gasteiger partial charge on any atom is -0.489 e. The smallest absolute Gasteiger partial charge is 0.408 e. The molecule has 2 atom stereocenters. The molecule has 3 rings (SSSR count). The highest BCUT2D eigenvalue weighted by atomic mass is 16.6. The zero-order chi connectivity index (χ0) is 23.5. The number of hydrogen-bond acceptors (Lipinski definition) is 6. The van der Waals surface area contributed by atoms with Crippen molar-refractivity contribution in [2.45, 2.75) is 32.3 Å². The van der Waals surface area contributed by atoms with E-state index in [1.165, 1.54) is 0 Å². The number of benzene rings is 3. The lowest BCUT2D eigenvalue weighted by molar-refractivity contribution is -0.148. The molecule has 0 saturated heterocycles. The molecular weight excluding hydrogens is 422 g/mol. The average molecular weight is 450 g/mol. The molecule has 33 heavy (non-hydrogen) atoms. The molecule has 7 heteroatoms. The lowest BCUT2D eigenvalue weighted by atomic mass is 10.0. The number of carbonyl (C=O) groups excluding carboxylic acids is 2. The summed E-state index contributed by atoms with van der Waals surface area (Å²) in [7, 11) is 0. The molecule has 0 aromatic heterocycles. The van der Waals surface area contributed by atoms with Gasteiger partial charge in [0.25, 0.3) is 0 Å². The summed E-state index contributed by atoms with van der Waals surface area (Å²) in [5.41, 5.74) is 2.08. The number of aliphatic hydroxyl groups excluding tert-OH is 1. The number of ether oxygens (including phenoxy) is 3. The summed E-state index contributed by atoms with van der Waals surface area (Å²) in [5, 5.41) is 13.5. The van der Waals surface area contributed by atoms with E-state index in [0.29, 0.717) is 11.3 Å². The molecular formula is C26H27NO6. The van der Waals surface area contributed by atoms with E-state index in [2.05, 4.69) is 5.32 Å². The van der Waals surface area contributed by atoms with E-state index in [1.807, 2.05) is 60.7 Å². The molecule has 7 nitrogen and oxygen atoms in total. The van der Waals surface area contributed by atoms with Gasteiger partial charge in [-0.25, -0.2) is 9.59 Å². The number of rotatable bonds is 10. The van der Waals surface area contributed by atoms with E-state index in [-0.39, 0.29) is 19.8 Å². The van der Waals surface area contributed by atoms with Crippen molar-refractivity contribution in [2.24, 2.45) is 0 Å². The Morgan fingerprint density at radius 2 is 1.39 bits per heavy atom. The maximum Gasteiger partial charge on any atom is 0.408 e. The van der Waals surface area contributed by atoms with Crippen LogP contribution in [0.15, 0.2) is 84.9 Å². The largest absolute Gasteiger partial charge is 0.489 e. The Bertz CT molecular complexity index is 1030. The molecule has 0 unspecified atom stereocenters. The van der Waals surface area contributed by atoms with Crippen molar-refractivity contribution in [2.75, 3.05) is 6.61 Å². The lowest BCUT2D eigenvalue weighted by Gasteiger charge is -2.24. The molecule has 172 valence electrons. The maximum atomic E-state index is 12.6. The number of amides is 1. The number of nitrogens with one attached hydrogen (secondary N) is 1. The SMILES string of the molecule is CCOC(=O)[C@@H](NC(=O)OCc1ccccc1)[C@H](O)c1ccccc1OCc1ccccc1. The summed E-state index contributed by atoms with van der Waals surface area (Å²) >= 11 is 0. The molecule has 0 fully saturated rings. The van der Waals surface area contributed by atoms with Crippen LogP contribution in [-0.2, 0) is 27.5 Å². The lowest BCUT2D eigenvalue weighted by Crippen LogP contribution is -2.46. The van der Waals surface area contributed by atoms with Gasteiger partial charge < -0.3 is 24.6 Å². The van der Waals surface area contributed by atoms with Crippen molar-refractivity contribution in [1.82, 2.24) is 5.32 Å². The summed E-state index contributed by atoms with van der Waals surface area (Å²) in [6.45, 7) is 2.04. The van der Waals surface area contributed by atoms with Gasteiger partial charge in [-0.05, 0) is 24.1 Å². The first-order valence-corrected chi connectivity index (χ1v) is 10.7. The Hall–Kier alpha value is -3.84. The van der Waals surface area contributed by atoms with Crippen LogP contribution in [0.25, 0.3) is 0 Å². The van der Waals surface area contributed by atoms with Gasteiger partial charge >= 0.3 is 12.1 Å². The van der Waals surface area contributed by atoms with E-state index in [0.717, 1.165) is 11.1 Å². The molecule has 0 aliphatic rings. The Morgan fingerprint density at radius 1 is 0.818 bits per heavy atom. The third-order valence-corrected chi connectivity index (χ3v) is 4.82. The average Bonchev–Trinajstić information content (AvgIpc) is 2.86. The molecule has 3 aromatic carbocycles. The van der Waals surface area contributed by atoms with Crippen LogP contribution in [0.5, 0.6) is 5.75 Å². The normalized spacial score (nSPS) is 12.3. The number of aliphatic hydroxyl groups is 1. The van der Waals surface area contributed by atoms with Gasteiger partial charge in [-0.3, -0.25) is 0 Å². The van der Waals surface area contributed by atoms with Crippen LogP contribution in [0.2, 0.25) is 0 Å². The Balaban J connectivity index is 1.72. The highest BCUT2D eigenvalue weighted by Gasteiger charge is 2.33. The summed E-state index contributed by atoms with van der Waals surface area (Å²) in [6, 6.07) is 24.1. The van der Waals surface area contributed by atoms with Crippen molar-refractivity contribution in [3.05, 3.63) is 102 Å². The predicted molar refractivity (Wildman–Crippen MR) is 122 cm³/mol. The summed E-state index contributed by atoms with van der Waals surface area (Å²) in [6.07, 6.45) is -2.26. The van der Waals surface area contributed by atoms with Crippen molar-refractivity contribution >= 4 is 12.1 Å². The predicted octanol–water partition coefficient (Wildman–Crippen LogP) is 4.16. The Kier molecular flexibility index (Phi) is 8.85. The number of hydrogen-bond donors (Lipinski definition) is 2. The third-order valence-electron chi connectivity index (χ3n) is 4.82. The van der Waals surface area contributed by atoms with E-state index < -0.39 is 24.2 Å². The quantitative estimate of drug-likeness (QED) is 0.452. The summed E-state index contributed by atoms with van der Waals surface area (Å²) < 4.78 is 16.2. The van der Waals surface area contributed by atoms with Gasteiger partial charge in [-0.2, -0.15) is 0 Å². The molecule has 0 heterocycles.